The molecule has 2 N–H and O–H groups in total. The summed E-state index contributed by atoms with van der Waals surface area (Å²) in [5.41, 5.74) is 7.86. The van der Waals surface area contributed by atoms with Crippen molar-refractivity contribution >= 4 is 23.2 Å². The number of benzene rings is 1. The van der Waals surface area contributed by atoms with E-state index in [4.69, 9.17) is 17.3 Å². The summed E-state index contributed by atoms with van der Waals surface area (Å²) in [6.07, 6.45) is 5.64. The van der Waals surface area contributed by atoms with Crippen molar-refractivity contribution in [2.24, 2.45) is 0 Å². The third kappa shape index (κ3) is 3.34. The minimum atomic E-state index is -0.168. The predicted molar refractivity (Wildman–Crippen MR) is 94.3 cm³/mol. The minimum Gasteiger partial charge on any atom is -0.397 e. The van der Waals surface area contributed by atoms with Crippen LogP contribution in [0.2, 0.25) is 5.02 Å². The maximum absolute atomic E-state index is 12.1. The number of hydrogen-bond donors (Lipinski definition) is 1. The van der Waals surface area contributed by atoms with Gasteiger partial charge >= 0.3 is 0 Å². The van der Waals surface area contributed by atoms with E-state index in [2.05, 4.69) is 18.8 Å². The van der Waals surface area contributed by atoms with E-state index in [-0.39, 0.29) is 5.91 Å². The third-order valence-corrected chi connectivity index (χ3v) is 4.35. The van der Waals surface area contributed by atoms with Crippen LogP contribution in [-0.2, 0) is 0 Å². The van der Waals surface area contributed by atoms with Gasteiger partial charge in [0.15, 0.2) is 0 Å². The van der Waals surface area contributed by atoms with Gasteiger partial charge in [0, 0.05) is 32.4 Å². The number of amides is 1. The highest BCUT2D eigenvalue weighted by Gasteiger charge is 2.19. The first-order chi connectivity index (χ1) is 10.9. The molecule has 0 aliphatic heterocycles. The van der Waals surface area contributed by atoms with Crippen LogP contribution in [0.15, 0.2) is 24.5 Å². The Bertz CT molecular complexity index is 705. The van der Waals surface area contributed by atoms with Crippen LogP contribution in [0.1, 0.15) is 48.8 Å². The maximum atomic E-state index is 12.1. The molecule has 0 radical (unpaired) electrons. The number of anilines is 1. The number of halogens is 1. The molecule has 0 fully saturated rings. The Balaban J connectivity index is 2.53. The number of hydrogen-bond acceptors (Lipinski definition) is 3. The van der Waals surface area contributed by atoms with Gasteiger partial charge in [-0.05, 0) is 25.0 Å². The Kier molecular flexibility index (Phi) is 5.31. The van der Waals surface area contributed by atoms with Crippen LogP contribution < -0.4 is 5.73 Å². The number of aromatic nitrogens is 2. The number of nitrogens with two attached hydrogens (primary N) is 1. The Morgan fingerprint density at radius 3 is 2.57 bits per heavy atom. The second-order valence-corrected chi connectivity index (χ2v) is 6.17. The standard InChI is InChI=1S/C17H23ClN4O/c1-5-11(6-2)16-20-7-8-22(16)15-10-13(18)12(9-14(15)19)17(23)21(3)4/h7-11H,5-6,19H2,1-4H3. The molecule has 0 aliphatic rings. The second kappa shape index (κ2) is 7.04. The van der Waals surface area contributed by atoms with Gasteiger partial charge in [0.05, 0.1) is 22.0 Å². The van der Waals surface area contributed by atoms with E-state index < -0.39 is 0 Å². The van der Waals surface area contributed by atoms with Gasteiger partial charge in [-0.15, -0.1) is 0 Å². The van der Waals surface area contributed by atoms with Crippen molar-refractivity contribution in [2.45, 2.75) is 32.6 Å². The molecule has 6 heteroatoms. The SMILES string of the molecule is CCC(CC)c1nccn1-c1cc(Cl)c(C(=O)N(C)C)cc1N. The quantitative estimate of drug-likeness (QED) is 0.848. The highest BCUT2D eigenvalue weighted by Crippen LogP contribution is 2.30. The first kappa shape index (κ1) is 17.3. The maximum Gasteiger partial charge on any atom is 0.254 e. The van der Waals surface area contributed by atoms with Crippen molar-refractivity contribution in [1.29, 1.82) is 0 Å². The lowest BCUT2D eigenvalue weighted by molar-refractivity contribution is 0.0828. The summed E-state index contributed by atoms with van der Waals surface area (Å²) in [6.45, 7) is 4.28. The summed E-state index contributed by atoms with van der Waals surface area (Å²) >= 11 is 6.32. The third-order valence-electron chi connectivity index (χ3n) is 4.03. The van der Waals surface area contributed by atoms with E-state index in [1.807, 2.05) is 10.8 Å². The van der Waals surface area contributed by atoms with Gasteiger partial charge in [-0.2, -0.15) is 0 Å². The molecule has 0 saturated heterocycles. The minimum absolute atomic E-state index is 0.168. The molecule has 0 unspecified atom stereocenters. The van der Waals surface area contributed by atoms with E-state index >= 15 is 0 Å². The average molecular weight is 335 g/mol. The summed E-state index contributed by atoms with van der Waals surface area (Å²) < 4.78 is 1.96. The number of rotatable bonds is 5. The number of nitrogen functional groups attached to an aromatic ring is 1. The van der Waals surface area contributed by atoms with Crippen LogP contribution in [0.5, 0.6) is 0 Å². The zero-order valence-electron chi connectivity index (χ0n) is 14.0. The van der Waals surface area contributed by atoms with Crippen LogP contribution in [0.4, 0.5) is 5.69 Å². The second-order valence-electron chi connectivity index (χ2n) is 5.76. The van der Waals surface area contributed by atoms with Crippen LogP contribution in [-0.4, -0.2) is 34.5 Å². The molecule has 0 bridgehead atoms. The monoisotopic (exact) mass is 334 g/mol. The zero-order valence-corrected chi connectivity index (χ0v) is 14.8. The smallest absolute Gasteiger partial charge is 0.254 e. The summed E-state index contributed by atoms with van der Waals surface area (Å²) in [5.74, 6) is 1.15. The Morgan fingerprint density at radius 1 is 1.35 bits per heavy atom. The molecule has 0 saturated carbocycles. The average Bonchev–Trinajstić information content (AvgIpc) is 2.99. The molecular formula is C17H23ClN4O. The molecule has 1 aromatic heterocycles. The Hall–Kier alpha value is -2.01. The molecule has 1 heterocycles. The highest BCUT2D eigenvalue weighted by molar-refractivity contribution is 6.34. The van der Waals surface area contributed by atoms with E-state index in [1.54, 1.807) is 32.4 Å². The molecule has 5 nitrogen and oxygen atoms in total. The van der Waals surface area contributed by atoms with Crippen molar-refractivity contribution in [3.05, 3.63) is 40.9 Å². The lowest BCUT2D eigenvalue weighted by Crippen LogP contribution is -2.22. The van der Waals surface area contributed by atoms with Gasteiger partial charge in [0.1, 0.15) is 5.82 Å². The van der Waals surface area contributed by atoms with E-state index in [1.165, 1.54) is 4.90 Å². The molecule has 2 aromatic rings. The molecule has 23 heavy (non-hydrogen) atoms. The van der Waals surface area contributed by atoms with Crippen LogP contribution in [0.3, 0.4) is 0 Å². The van der Waals surface area contributed by atoms with Crippen molar-refractivity contribution in [3.8, 4) is 5.69 Å². The van der Waals surface area contributed by atoms with Gasteiger partial charge in [-0.3, -0.25) is 4.79 Å². The van der Waals surface area contributed by atoms with Crippen LogP contribution >= 0.6 is 11.6 Å². The zero-order chi connectivity index (χ0) is 17.1. The van der Waals surface area contributed by atoms with Gasteiger partial charge in [0.2, 0.25) is 0 Å². The van der Waals surface area contributed by atoms with Crippen LogP contribution in [0, 0.1) is 0 Å². The molecule has 0 spiro atoms. The molecule has 1 amide bonds. The van der Waals surface area contributed by atoms with Crippen LogP contribution in [0.25, 0.3) is 5.69 Å². The van der Waals surface area contributed by atoms with Gasteiger partial charge in [0.25, 0.3) is 5.91 Å². The number of nitrogens with zero attached hydrogens (tertiary/aromatic N) is 3. The molecular weight excluding hydrogens is 312 g/mol. The number of carbonyl (C=O) groups excluding carboxylic acids is 1. The highest BCUT2D eigenvalue weighted by atomic mass is 35.5. The van der Waals surface area contributed by atoms with E-state index in [9.17, 15) is 4.79 Å². The molecule has 0 atom stereocenters. The summed E-state index contributed by atoms with van der Waals surface area (Å²) in [6, 6.07) is 3.37. The van der Waals surface area contributed by atoms with Crippen molar-refractivity contribution in [1.82, 2.24) is 14.5 Å². The summed E-state index contributed by atoms with van der Waals surface area (Å²) in [5, 5.41) is 0.386. The fourth-order valence-corrected chi connectivity index (χ4v) is 2.91. The fraction of sp³-hybridized carbons (Fsp3) is 0.412. The van der Waals surface area contributed by atoms with Gasteiger partial charge in [-0.25, -0.2) is 4.98 Å². The molecule has 0 aliphatic carbocycles. The first-order valence-corrected chi connectivity index (χ1v) is 8.12. The first-order valence-electron chi connectivity index (χ1n) is 7.74. The predicted octanol–water partition coefficient (Wildman–Crippen LogP) is 3.71. The molecule has 1 aromatic carbocycles. The van der Waals surface area contributed by atoms with Gasteiger partial charge in [-0.1, -0.05) is 25.4 Å². The summed E-state index contributed by atoms with van der Waals surface area (Å²) in [7, 11) is 3.37. The Labute approximate surface area is 142 Å². The largest absolute Gasteiger partial charge is 0.397 e. The lowest BCUT2D eigenvalue weighted by atomic mass is 10.0. The Morgan fingerprint density at radius 2 is 2.00 bits per heavy atom. The van der Waals surface area contributed by atoms with Crippen molar-refractivity contribution < 1.29 is 4.79 Å². The molecule has 2 rings (SSSR count). The number of carbonyl (C=O) groups is 1. The lowest BCUT2D eigenvalue weighted by Gasteiger charge is -2.18. The fourth-order valence-electron chi connectivity index (χ4n) is 2.67. The topological polar surface area (TPSA) is 64.2 Å². The van der Waals surface area contributed by atoms with E-state index in [0.717, 1.165) is 24.4 Å². The summed E-state index contributed by atoms with van der Waals surface area (Å²) in [4.78, 5) is 18.1. The van der Waals surface area contributed by atoms with Crippen molar-refractivity contribution in [3.63, 3.8) is 0 Å². The van der Waals surface area contributed by atoms with Gasteiger partial charge < -0.3 is 15.2 Å². The number of imidazole rings is 1. The molecule has 124 valence electrons. The van der Waals surface area contributed by atoms with E-state index in [0.29, 0.717) is 22.2 Å². The normalized spacial score (nSPS) is 11.0. The van der Waals surface area contributed by atoms with Crippen molar-refractivity contribution in [2.75, 3.05) is 19.8 Å².